The average Bonchev–Trinajstić information content (AvgIpc) is 2.76. The average molecular weight is 362 g/mol. The molecule has 0 saturated carbocycles. The second-order valence-corrected chi connectivity index (χ2v) is 6.12. The molecule has 1 aromatic carbocycles. The van der Waals surface area contributed by atoms with Crippen LogP contribution < -0.4 is 0 Å². The fourth-order valence-electron chi connectivity index (χ4n) is 3.60. The molecule has 2 aromatic rings. The Kier molecular flexibility index (Phi) is 9.75. The van der Waals surface area contributed by atoms with E-state index in [1.165, 1.54) is 5.56 Å². The summed E-state index contributed by atoms with van der Waals surface area (Å²) in [5.74, 6) is 0.547. The van der Waals surface area contributed by atoms with Crippen molar-refractivity contribution in [1.29, 1.82) is 5.26 Å². The second-order valence-electron chi connectivity index (χ2n) is 6.12. The summed E-state index contributed by atoms with van der Waals surface area (Å²) >= 11 is 0. The van der Waals surface area contributed by atoms with Gasteiger partial charge in [0.05, 0.1) is 17.5 Å². The molecule has 0 radical (unpaired) electrons. The smallest absolute Gasteiger partial charge is 0.116 e. The van der Waals surface area contributed by atoms with Crippen LogP contribution in [0.4, 0.5) is 0 Å². The maximum Gasteiger partial charge on any atom is 0.116 e. The van der Waals surface area contributed by atoms with Crippen molar-refractivity contribution in [2.45, 2.75) is 46.5 Å². The molecule has 27 heavy (non-hydrogen) atoms. The first-order chi connectivity index (χ1) is 13.3. The predicted molar refractivity (Wildman–Crippen MR) is 114 cm³/mol. The highest BCUT2D eigenvalue weighted by atomic mass is 14.9. The van der Waals surface area contributed by atoms with Gasteiger partial charge in [-0.25, -0.2) is 9.97 Å². The largest absolute Gasteiger partial charge is 0.240 e. The second kappa shape index (κ2) is 11.8. The molecule has 0 amide bonds. The minimum atomic E-state index is 0.0273. The molecule has 0 saturated heterocycles. The van der Waals surface area contributed by atoms with Crippen molar-refractivity contribution < 1.29 is 0 Å². The van der Waals surface area contributed by atoms with Crippen molar-refractivity contribution in [3.8, 4) is 17.3 Å². The molecule has 3 atom stereocenters. The molecular formula is C24H31N3. The summed E-state index contributed by atoms with van der Waals surface area (Å²) in [6.45, 7) is 14.0. The number of nitrogens with zero attached hydrogens (tertiary/aromatic N) is 3. The van der Waals surface area contributed by atoms with Gasteiger partial charge in [-0.3, -0.25) is 0 Å². The molecule has 1 heterocycles. The summed E-state index contributed by atoms with van der Waals surface area (Å²) < 4.78 is 0. The van der Waals surface area contributed by atoms with Gasteiger partial charge < -0.3 is 0 Å². The summed E-state index contributed by atoms with van der Waals surface area (Å²) in [5, 5.41) is 9.35. The van der Waals surface area contributed by atoms with E-state index in [1.54, 1.807) is 6.33 Å². The molecule has 3 nitrogen and oxygen atoms in total. The SMILES string of the molecule is C/C=C\C1c2ncnc(-c3ccccc3)c2CCC1C(C)C#N.C=C.CC. The lowest BCUT2D eigenvalue weighted by atomic mass is 9.71. The lowest BCUT2D eigenvalue weighted by Crippen LogP contribution is -2.26. The van der Waals surface area contributed by atoms with Gasteiger partial charge in [0, 0.05) is 23.0 Å². The van der Waals surface area contributed by atoms with E-state index in [1.807, 2.05) is 45.9 Å². The molecule has 0 aliphatic heterocycles. The standard InChI is InChI=1S/C20H21N3.C2H6.C2H4/c1-3-7-17-16(14(2)12-21)10-11-18-19(22-13-23-20(17)18)15-8-5-4-6-9-15;2*1-2/h3-9,13-14,16-17H,10-11H2,1-2H3;1-2H3;1-2H2/b7-3-;;. The van der Waals surface area contributed by atoms with Gasteiger partial charge in [-0.15, -0.1) is 13.2 Å². The lowest BCUT2D eigenvalue weighted by molar-refractivity contribution is 0.340. The fraction of sp³-hybridized carbons (Fsp3) is 0.375. The normalized spacial score (nSPS) is 18.8. The Morgan fingerprint density at radius 3 is 2.44 bits per heavy atom. The number of hydrogen-bond donors (Lipinski definition) is 0. The topological polar surface area (TPSA) is 49.6 Å². The van der Waals surface area contributed by atoms with E-state index >= 15 is 0 Å². The quantitative estimate of drug-likeness (QED) is 0.598. The van der Waals surface area contributed by atoms with Crippen LogP contribution in [0.3, 0.4) is 0 Å². The summed E-state index contributed by atoms with van der Waals surface area (Å²) in [4.78, 5) is 9.15. The molecule has 3 rings (SSSR count). The number of fused-ring (bicyclic) bond motifs is 1. The van der Waals surface area contributed by atoms with Crippen molar-refractivity contribution in [2.24, 2.45) is 11.8 Å². The van der Waals surface area contributed by atoms with Crippen LogP contribution in [0, 0.1) is 23.2 Å². The highest BCUT2D eigenvalue weighted by Crippen LogP contribution is 2.42. The van der Waals surface area contributed by atoms with Crippen molar-refractivity contribution >= 4 is 0 Å². The Labute approximate surface area is 164 Å². The zero-order valence-electron chi connectivity index (χ0n) is 17.0. The van der Waals surface area contributed by atoms with Gasteiger partial charge in [0.1, 0.15) is 6.33 Å². The maximum absolute atomic E-state index is 9.35. The fourth-order valence-corrected chi connectivity index (χ4v) is 3.60. The third kappa shape index (κ3) is 5.14. The Bertz CT molecular complexity index is 759. The van der Waals surface area contributed by atoms with E-state index in [0.717, 1.165) is 29.8 Å². The van der Waals surface area contributed by atoms with E-state index in [0.29, 0.717) is 5.92 Å². The Morgan fingerprint density at radius 2 is 1.85 bits per heavy atom. The van der Waals surface area contributed by atoms with Crippen LogP contribution in [0.5, 0.6) is 0 Å². The van der Waals surface area contributed by atoms with Gasteiger partial charge in [-0.1, -0.05) is 56.3 Å². The first-order valence-electron chi connectivity index (χ1n) is 9.68. The Hall–Kier alpha value is -2.73. The molecule has 3 heteroatoms. The molecule has 1 aliphatic carbocycles. The third-order valence-corrected chi connectivity index (χ3v) is 4.78. The van der Waals surface area contributed by atoms with Crippen LogP contribution in [0.1, 0.15) is 51.3 Å². The van der Waals surface area contributed by atoms with Crippen LogP contribution in [-0.4, -0.2) is 9.97 Å². The van der Waals surface area contributed by atoms with E-state index in [2.05, 4.69) is 53.5 Å². The number of allylic oxidation sites excluding steroid dienone is 2. The number of hydrogen-bond acceptors (Lipinski definition) is 3. The Morgan fingerprint density at radius 1 is 1.19 bits per heavy atom. The van der Waals surface area contributed by atoms with E-state index in [-0.39, 0.29) is 11.8 Å². The van der Waals surface area contributed by atoms with E-state index in [9.17, 15) is 5.26 Å². The van der Waals surface area contributed by atoms with Crippen LogP contribution in [0.15, 0.2) is 62.0 Å². The molecule has 3 unspecified atom stereocenters. The van der Waals surface area contributed by atoms with Gasteiger partial charge >= 0.3 is 0 Å². The van der Waals surface area contributed by atoms with Gasteiger partial charge in [0.25, 0.3) is 0 Å². The summed E-state index contributed by atoms with van der Waals surface area (Å²) in [7, 11) is 0. The first kappa shape index (κ1) is 22.3. The Balaban J connectivity index is 0.000000855. The number of aromatic nitrogens is 2. The number of benzene rings is 1. The minimum absolute atomic E-state index is 0.0273. The molecule has 1 aromatic heterocycles. The zero-order chi connectivity index (χ0) is 20.2. The molecule has 0 fully saturated rings. The molecular weight excluding hydrogens is 330 g/mol. The van der Waals surface area contributed by atoms with Gasteiger partial charge in [0.15, 0.2) is 0 Å². The van der Waals surface area contributed by atoms with Crippen LogP contribution in [-0.2, 0) is 6.42 Å². The zero-order valence-corrected chi connectivity index (χ0v) is 17.0. The molecule has 142 valence electrons. The van der Waals surface area contributed by atoms with Crippen molar-refractivity contribution in [2.75, 3.05) is 0 Å². The van der Waals surface area contributed by atoms with Gasteiger partial charge in [-0.05, 0) is 32.6 Å². The van der Waals surface area contributed by atoms with Crippen LogP contribution in [0.25, 0.3) is 11.3 Å². The molecule has 1 aliphatic rings. The molecule has 0 bridgehead atoms. The maximum atomic E-state index is 9.35. The predicted octanol–water partition coefficient (Wildman–Crippen LogP) is 6.35. The highest BCUT2D eigenvalue weighted by molar-refractivity contribution is 5.64. The summed E-state index contributed by atoms with van der Waals surface area (Å²) in [6, 6.07) is 12.7. The van der Waals surface area contributed by atoms with Crippen LogP contribution in [0.2, 0.25) is 0 Å². The van der Waals surface area contributed by atoms with E-state index in [4.69, 9.17) is 0 Å². The highest BCUT2D eigenvalue weighted by Gasteiger charge is 2.34. The van der Waals surface area contributed by atoms with Crippen molar-refractivity contribution in [3.05, 3.63) is 73.2 Å². The monoisotopic (exact) mass is 361 g/mol. The summed E-state index contributed by atoms with van der Waals surface area (Å²) in [5.41, 5.74) is 4.50. The van der Waals surface area contributed by atoms with E-state index < -0.39 is 0 Å². The molecule has 0 N–H and O–H groups in total. The summed E-state index contributed by atoms with van der Waals surface area (Å²) in [6.07, 6.45) is 7.87. The molecule has 0 spiro atoms. The van der Waals surface area contributed by atoms with Crippen molar-refractivity contribution in [1.82, 2.24) is 9.97 Å². The minimum Gasteiger partial charge on any atom is -0.240 e. The van der Waals surface area contributed by atoms with Gasteiger partial charge in [0.2, 0.25) is 0 Å². The number of nitriles is 1. The first-order valence-corrected chi connectivity index (χ1v) is 9.68. The third-order valence-electron chi connectivity index (χ3n) is 4.78. The van der Waals surface area contributed by atoms with Crippen LogP contribution >= 0.6 is 0 Å². The van der Waals surface area contributed by atoms with Gasteiger partial charge in [-0.2, -0.15) is 5.26 Å². The lowest BCUT2D eigenvalue weighted by Gasteiger charge is -2.33. The van der Waals surface area contributed by atoms with Crippen molar-refractivity contribution in [3.63, 3.8) is 0 Å². The number of rotatable bonds is 3.